The van der Waals surface area contributed by atoms with Crippen LogP contribution in [0, 0.1) is 13.8 Å². The number of fused-ring (bicyclic) bond motifs is 6. The van der Waals surface area contributed by atoms with Gasteiger partial charge in [-0.05, 0) is 54.6 Å². The molecular weight excluding hydrogens is 352 g/mol. The largest absolute Gasteiger partial charge is 0.294 e. The monoisotopic (exact) mass is 372 g/mol. The Morgan fingerprint density at radius 1 is 0.586 bits per heavy atom. The maximum atomic E-state index is 5.17. The number of aryl methyl sites for hydroxylation is 2. The number of pyridine rings is 1. The third-order valence-electron chi connectivity index (χ3n) is 5.88. The summed E-state index contributed by atoms with van der Waals surface area (Å²) in [5, 5.41) is 6.12. The lowest BCUT2D eigenvalue weighted by atomic mass is 10.1. The van der Waals surface area contributed by atoms with Crippen LogP contribution in [0.1, 0.15) is 11.1 Å². The number of hydrogen-bond acceptors (Lipinski definition) is 1. The van der Waals surface area contributed by atoms with Crippen molar-refractivity contribution < 1.29 is 0 Å². The number of aromatic nitrogens is 2. The summed E-state index contributed by atoms with van der Waals surface area (Å²) in [5.74, 6) is 0.963. The molecule has 0 radical (unpaired) electrons. The lowest BCUT2D eigenvalue weighted by Gasteiger charge is -2.10. The fourth-order valence-corrected chi connectivity index (χ4v) is 4.46. The van der Waals surface area contributed by atoms with Crippen LogP contribution < -0.4 is 0 Å². The minimum atomic E-state index is 0.963. The summed E-state index contributed by atoms with van der Waals surface area (Å²) in [7, 11) is 0. The van der Waals surface area contributed by atoms with Crippen LogP contribution in [0.5, 0.6) is 0 Å². The Bertz CT molecular complexity index is 1510. The molecule has 0 N–H and O–H groups in total. The molecule has 2 nitrogen and oxygen atoms in total. The van der Waals surface area contributed by atoms with E-state index in [9.17, 15) is 0 Å². The van der Waals surface area contributed by atoms with E-state index in [1.54, 1.807) is 0 Å². The standard InChI is InChI=1S/C27H20N2/c1-17-7-12-22-23-13-8-18(2)16-25(23)29(24(22)15-17)26-14-11-20-10-9-19-5-3-4-6-21(19)27(20)28-26/h3-16H,1-2H3. The molecular formula is C27H20N2. The van der Waals surface area contributed by atoms with Crippen molar-refractivity contribution in [2.45, 2.75) is 13.8 Å². The zero-order valence-electron chi connectivity index (χ0n) is 16.5. The van der Waals surface area contributed by atoms with Gasteiger partial charge in [0.25, 0.3) is 0 Å². The van der Waals surface area contributed by atoms with E-state index in [2.05, 4.69) is 103 Å². The highest BCUT2D eigenvalue weighted by molar-refractivity contribution is 6.10. The summed E-state index contributed by atoms with van der Waals surface area (Å²) >= 11 is 0. The minimum absolute atomic E-state index is 0.963. The molecule has 2 heterocycles. The zero-order valence-corrected chi connectivity index (χ0v) is 16.5. The van der Waals surface area contributed by atoms with E-state index in [0.717, 1.165) is 11.3 Å². The summed E-state index contributed by atoms with van der Waals surface area (Å²) in [5.41, 5.74) is 5.97. The van der Waals surface area contributed by atoms with Gasteiger partial charge in [-0.15, -0.1) is 0 Å². The van der Waals surface area contributed by atoms with Gasteiger partial charge in [0, 0.05) is 21.5 Å². The maximum Gasteiger partial charge on any atom is 0.138 e. The highest BCUT2D eigenvalue weighted by atomic mass is 15.1. The van der Waals surface area contributed by atoms with E-state index in [1.165, 1.54) is 49.1 Å². The number of hydrogen-bond donors (Lipinski definition) is 0. The Morgan fingerprint density at radius 2 is 1.21 bits per heavy atom. The predicted octanol–water partition coefficient (Wildman–Crippen LogP) is 7.10. The van der Waals surface area contributed by atoms with E-state index < -0.39 is 0 Å². The fourth-order valence-electron chi connectivity index (χ4n) is 4.46. The van der Waals surface area contributed by atoms with E-state index in [4.69, 9.17) is 4.98 Å². The van der Waals surface area contributed by atoms with E-state index in [-0.39, 0.29) is 0 Å². The van der Waals surface area contributed by atoms with Crippen LogP contribution in [0.25, 0.3) is 49.3 Å². The van der Waals surface area contributed by atoms with Crippen molar-refractivity contribution in [3.05, 3.63) is 96.1 Å². The Kier molecular flexibility index (Phi) is 3.33. The zero-order chi connectivity index (χ0) is 19.5. The van der Waals surface area contributed by atoms with Crippen LogP contribution in [-0.2, 0) is 0 Å². The predicted molar refractivity (Wildman–Crippen MR) is 123 cm³/mol. The molecule has 29 heavy (non-hydrogen) atoms. The van der Waals surface area contributed by atoms with Crippen LogP contribution in [0.15, 0.2) is 84.9 Å². The number of rotatable bonds is 1. The highest BCUT2D eigenvalue weighted by Crippen LogP contribution is 2.34. The fraction of sp³-hybridized carbons (Fsp3) is 0.0741. The van der Waals surface area contributed by atoms with E-state index in [1.807, 2.05) is 0 Å². The molecule has 6 aromatic rings. The minimum Gasteiger partial charge on any atom is -0.294 e. The van der Waals surface area contributed by atoms with Gasteiger partial charge in [0.05, 0.1) is 16.6 Å². The first-order valence-electron chi connectivity index (χ1n) is 9.99. The van der Waals surface area contributed by atoms with Gasteiger partial charge in [0.2, 0.25) is 0 Å². The maximum absolute atomic E-state index is 5.17. The first kappa shape index (κ1) is 16.3. The number of benzene rings is 4. The Labute approximate surface area is 169 Å². The molecule has 138 valence electrons. The number of nitrogens with zero attached hydrogens (tertiary/aromatic N) is 2. The van der Waals surface area contributed by atoms with Crippen molar-refractivity contribution in [3.8, 4) is 5.82 Å². The highest BCUT2D eigenvalue weighted by Gasteiger charge is 2.14. The Hall–Kier alpha value is -3.65. The van der Waals surface area contributed by atoms with Gasteiger partial charge in [-0.1, -0.05) is 60.7 Å². The molecule has 0 atom stereocenters. The van der Waals surface area contributed by atoms with Gasteiger partial charge in [0.15, 0.2) is 0 Å². The van der Waals surface area contributed by atoms with Crippen molar-refractivity contribution in [3.63, 3.8) is 0 Å². The topological polar surface area (TPSA) is 17.8 Å². The molecule has 2 aromatic heterocycles. The molecule has 6 rings (SSSR count). The molecule has 0 unspecified atom stereocenters. The molecule has 0 aliphatic carbocycles. The quantitative estimate of drug-likeness (QED) is 0.281. The molecule has 0 aliphatic rings. The van der Waals surface area contributed by atoms with Crippen LogP contribution in [0.2, 0.25) is 0 Å². The van der Waals surface area contributed by atoms with Gasteiger partial charge >= 0.3 is 0 Å². The molecule has 0 saturated heterocycles. The average Bonchev–Trinajstić information content (AvgIpc) is 3.05. The van der Waals surface area contributed by atoms with Crippen molar-refractivity contribution in [1.82, 2.24) is 9.55 Å². The lowest BCUT2D eigenvalue weighted by Crippen LogP contribution is -1.98. The van der Waals surface area contributed by atoms with Crippen LogP contribution in [0.3, 0.4) is 0 Å². The second kappa shape index (κ2) is 5.92. The van der Waals surface area contributed by atoms with Crippen molar-refractivity contribution in [2.24, 2.45) is 0 Å². The van der Waals surface area contributed by atoms with Crippen LogP contribution >= 0.6 is 0 Å². The molecule has 4 aromatic carbocycles. The van der Waals surface area contributed by atoms with Crippen molar-refractivity contribution >= 4 is 43.5 Å². The van der Waals surface area contributed by atoms with Crippen molar-refractivity contribution in [1.29, 1.82) is 0 Å². The van der Waals surface area contributed by atoms with Gasteiger partial charge in [-0.25, -0.2) is 4.98 Å². The second-order valence-corrected chi connectivity index (χ2v) is 7.90. The first-order valence-corrected chi connectivity index (χ1v) is 9.99. The Morgan fingerprint density at radius 3 is 1.93 bits per heavy atom. The summed E-state index contributed by atoms with van der Waals surface area (Å²) in [6, 6.07) is 30.5. The Balaban J connectivity index is 1.77. The van der Waals surface area contributed by atoms with Gasteiger partial charge < -0.3 is 0 Å². The van der Waals surface area contributed by atoms with Gasteiger partial charge in [-0.2, -0.15) is 0 Å². The summed E-state index contributed by atoms with van der Waals surface area (Å²) in [6.45, 7) is 4.29. The molecule has 2 heteroatoms. The summed E-state index contributed by atoms with van der Waals surface area (Å²) in [6.07, 6.45) is 0. The smallest absolute Gasteiger partial charge is 0.138 e. The molecule has 0 aliphatic heterocycles. The summed E-state index contributed by atoms with van der Waals surface area (Å²) in [4.78, 5) is 5.17. The molecule has 0 spiro atoms. The second-order valence-electron chi connectivity index (χ2n) is 7.90. The van der Waals surface area contributed by atoms with Gasteiger partial charge in [0.1, 0.15) is 5.82 Å². The first-order chi connectivity index (χ1) is 14.2. The van der Waals surface area contributed by atoms with E-state index in [0.29, 0.717) is 0 Å². The molecule has 0 fully saturated rings. The third kappa shape index (κ3) is 2.39. The normalized spacial score (nSPS) is 11.8. The SMILES string of the molecule is Cc1ccc2c3ccc(C)cc3n(-c3ccc4ccc5ccccc5c4n3)c2c1. The summed E-state index contributed by atoms with van der Waals surface area (Å²) < 4.78 is 2.31. The third-order valence-corrected chi connectivity index (χ3v) is 5.88. The van der Waals surface area contributed by atoms with Crippen LogP contribution in [0.4, 0.5) is 0 Å². The van der Waals surface area contributed by atoms with Gasteiger partial charge in [-0.3, -0.25) is 4.57 Å². The molecule has 0 bridgehead atoms. The molecule has 0 saturated carbocycles. The molecule has 0 amide bonds. The lowest BCUT2D eigenvalue weighted by molar-refractivity contribution is 1.10. The average molecular weight is 372 g/mol. The van der Waals surface area contributed by atoms with E-state index >= 15 is 0 Å². The van der Waals surface area contributed by atoms with Crippen molar-refractivity contribution in [2.75, 3.05) is 0 Å². The van der Waals surface area contributed by atoms with Crippen LogP contribution in [-0.4, -0.2) is 9.55 Å².